The molecule has 0 aliphatic carbocycles. The second kappa shape index (κ2) is 16.5. The van der Waals surface area contributed by atoms with Gasteiger partial charge in [0.2, 0.25) is 11.8 Å². The molecule has 1 atom stereocenters. The van der Waals surface area contributed by atoms with Crippen LogP contribution in [0.4, 0.5) is 10.1 Å². The van der Waals surface area contributed by atoms with E-state index in [0.717, 1.165) is 9.87 Å². The zero-order valence-corrected chi connectivity index (χ0v) is 29.4. The molecule has 0 saturated heterocycles. The van der Waals surface area contributed by atoms with E-state index in [1.54, 1.807) is 13.8 Å². The van der Waals surface area contributed by atoms with E-state index in [9.17, 15) is 22.4 Å². The van der Waals surface area contributed by atoms with Crippen LogP contribution in [-0.4, -0.2) is 65.1 Å². The Hall–Kier alpha value is -4.81. The van der Waals surface area contributed by atoms with Gasteiger partial charge in [0.05, 0.1) is 31.9 Å². The Morgan fingerprint density at radius 2 is 1.45 bits per heavy atom. The molecule has 1 N–H and O–H groups in total. The van der Waals surface area contributed by atoms with Crippen LogP contribution in [0.5, 0.6) is 17.2 Å². The summed E-state index contributed by atoms with van der Waals surface area (Å²) >= 11 is 6.36. The Morgan fingerprint density at radius 3 is 2.06 bits per heavy atom. The van der Waals surface area contributed by atoms with Crippen molar-refractivity contribution in [1.29, 1.82) is 0 Å². The molecule has 4 rings (SSSR count). The second-order valence-corrected chi connectivity index (χ2v) is 13.7. The molecule has 0 spiro atoms. The predicted molar refractivity (Wildman–Crippen MR) is 186 cm³/mol. The summed E-state index contributed by atoms with van der Waals surface area (Å²) in [5.74, 6) is -1.04. The maximum absolute atomic E-state index is 14.7. The second-order valence-electron chi connectivity index (χ2n) is 11.4. The van der Waals surface area contributed by atoms with Gasteiger partial charge in [0, 0.05) is 30.1 Å². The first-order valence-corrected chi connectivity index (χ1v) is 17.2. The van der Waals surface area contributed by atoms with Gasteiger partial charge in [0.15, 0.2) is 11.5 Å². The van der Waals surface area contributed by atoms with Crippen LogP contribution in [0, 0.1) is 5.82 Å². The summed E-state index contributed by atoms with van der Waals surface area (Å²) in [4.78, 5) is 29.6. The molecule has 0 aliphatic rings. The van der Waals surface area contributed by atoms with Gasteiger partial charge >= 0.3 is 0 Å². The summed E-state index contributed by atoms with van der Waals surface area (Å²) in [7, 11) is -0.372. The third kappa shape index (κ3) is 9.21. The van der Waals surface area contributed by atoms with E-state index in [-0.39, 0.29) is 46.1 Å². The van der Waals surface area contributed by atoms with Crippen molar-refractivity contribution in [3.05, 3.63) is 113 Å². The van der Waals surface area contributed by atoms with Gasteiger partial charge in [0.25, 0.3) is 10.0 Å². The van der Waals surface area contributed by atoms with Crippen molar-refractivity contribution in [1.82, 2.24) is 10.2 Å². The Balaban J connectivity index is 1.88. The van der Waals surface area contributed by atoms with Gasteiger partial charge in [0.1, 0.15) is 24.2 Å². The molecule has 49 heavy (non-hydrogen) atoms. The van der Waals surface area contributed by atoms with Gasteiger partial charge in [-0.3, -0.25) is 13.9 Å². The summed E-state index contributed by atoms with van der Waals surface area (Å²) in [6, 6.07) is 21.8. The number of hydrogen-bond acceptors (Lipinski definition) is 7. The number of carbonyl (C=O) groups excluding carboxylic acids is 2. The number of sulfonamides is 1. The molecular formula is C36H39ClFN3O7S. The van der Waals surface area contributed by atoms with Crippen LogP contribution >= 0.6 is 11.6 Å². The van der Waals surface area contributed by atoms with Crippen LogP contribution in [0.2, 0.25) is 5.02 Å². The first kappa shape index (κ1) is 37.0. The third-order valence-electron chi connectivity index (χ3n) is 7.60. The highest BCUT2D eigenvalue weighted by Crippen LogP contribution is 2.37. The van der Waals surface area contributed by atoms with E-state index < -0.39 is 40.2 Å². The minimum absolute atomic E-state index is 0.00823. The minimum atomic E-state index is -4.53. The van der Waals surface area contributed by atoms with Gasteiger partial charge in [-0.1, -0.05) is 54.1 Å². The van der Waals surface area contributed by atoms with Gasteiger partial charge in [-0.15, -0.1) is 0 Å². The van der Waals surface area contributed by atoms with Crippen LogP contribution in [0.1, 0.15) is 25.0 Å². The molecule has 0 aliphatic heterocycles. The third-order valence-corrected chi connectivity index (χ3v) is 9.59. The molecule has 0 bridgehead atoms. The lowest BCUT2D eigenvalue weighted by molar-refractivity contribution is -0.140. The largest absolute Gasteiger partial charge is 0.495 e. The van der Waals surface area contributed by atoms with Crippen molar-refractivity contribution < 1.29 is 36.6 Å². The maximum Gasteiger partial charge on any atom is 0.265 e. The number of halogens is 2. The molecule has 1 unspecified atom stereocenters. The number of nitrogens with zero attached hydrogens (tertiary/aromatic N) is 2. The molecule has 10 nitrogen and oxygen atoms in total. The van der Waals surface area contributed by atoms with E-state index in [0.29, 0.717) is 11.3 Å². The average Bonchev–Trinajstić information content (AvgIpc) is 3.09. The van der Waals surface area contributed by atoms with Crippen molar-refractivity contribution in [2.75, 3.05) is 32.2 Å². The zero-order valence-electron chi connectivity index (χ0n) is 27.9. The molecular weight excluding hydrogens is 673 g/mol. The molecule has 4 aromatic rings. The van der Waals surface area contributed by atoms with Crippen molar-refractivity contribution in [2.45, 2.75) is 43.8 Å². The van der Waals surface area contributed by atoms with Crippen LogP contribution in [0.25, 0.3) is 0 Å². The van der Waals surface area contributed by atoms with Crippen LogP contribution < -0.4 is 23.8 Å². The van der Waals surface area contributed by atoms with Crippen molar-refractivity contribution in [3.8, 4) is 17.2 Å². The minimum Gasteiger partial charge on any atom is -0.495 e. The number of benzene rings is 4. The number of nitrogens with one attached hydrogen (secondary N) is 1. The average molecular weight is 712 g/mol. The lowest BCUT2D eigenvalue weighted by Crippen LogP contribution is -2.54. The quantitative estimate of drug-likeness (QED) is 0.164. The molecule has 0 radical (unpaired) electrons. The number of amides is 2. The number of methoxy groups -OCH3 is 3. The zero-order chi connectivity index (χ0) is 35.7. The van der Waals surface area contributed by atoms with E-state index in [1.165, 1.54) is 86.9 Å². The van der Waals surface area contributed by atoms with Crippen molar-refractivity contribution in [2.24, 2.45) is 0 Å². The number of hydrogen-bond donors (Lipinski definition) is 1. The van der Waals surface area contributed by atoms with Crippen LogP contribution in [0.15, 0.2) is 95.9 Å². The standard InChI is InChI=1S/C36H39ClFN3O7S/c1-24(2)39-36(43)31(19-25-9-7-6-8-10-25)40(22-26-11-14-28(38)15-12-26)35(42)23-41(30-20-27(37)13-17-32(30)46-3)49(44,45)29-16-18-33(47-4)34(21-29)48-5/h6-18,20-21,24,31H,19,22-23H2,1-5H3,(H,39,43). The molecule has 4 aromatic carbocycles. The summed E-state index contributed by atoms with van der Waals surface area (Å²) < 4.78 is 60.0. The topological polar surface area (TPSA) is 114 Å². The molecule has 0 saturated carbocycles. The van der Waals surface area contributed by atoms with Crippen molar-refractivity contribution in [3.63, 3.8) is 0 Å². The summed E-state index contributed by atoms with van der Waals surface area (Å²) in [5.41, 5.74) is 1.29. The molecule has 2 amide bonds. The molecule has 0 heterocycles. The Morgan fingerprint density at radius 1 is 0.816 bits per heavy atom. The predicted octanol–water partition coefficient (Wildman–Crippen LogP) is 5.86. The normalized spacial score (nSPS) is 11.8. The monoisotopic (exact) mass is 711 g/mol. The fourth-order valence-corrected chi connectivity index (χ4v) is 6.80. The molecule has 0 aromatic heterocycles. The van der Waals surface area contributed by atoms with Crippen LogP contribution in [0.3, 0.4) is 0 Å². The number of carbonyl (C=O) groups is 2. The maximum atomic E-state index is 14.7. The fourth-order valence-electron chi connectivity index (χ4n) is 5.20. The van der Waals surface area contributed by atoms with E-state index in [1.807, 2.05) is 30.3 Å². The summed E-state index contributed by atoms with van der Waals surface area (Å²) in [6.45, 7) is 2.72. The SMILES string of the molecule is COc1ccc(S(=O)(=O)N(CC(=O)N(Cc2ccc(F)cc2)C(Cc2ccccc2)C(=O)NC(C)C)c2cc(Cl)ccc2OC)cc1OC. The highest BCUT2D eigenvalue weighted by atomic mass is 35.5. The first-order chi connectivity index (χ1) is 23.4. The van der Waals surface area contributed by atoms with E-state index >= 15 is 0 Å². The fraction of sp³-hybridized carbons (Fsp3) is 0.278. The number of ether oxygens (including phenoxy) is 3. The molecule has 13 heteroatoms. The van der Waals surface area contributed by atoms with E-state index in [4.69, 9.17) is 25.8 Å². The van der Waals surface area contributed by atoms with Gasteiger partial charge in [-0.25, -0.2) is 12.8 Å². The molecule has 0 fully saturated rings. The summed E-state index contributed by atoms with van der Waals surface area (Å²) in [5, 5.41) is 3.09. The Labute approximate surface area is 291 Å². The number of rotatable bonds is 15. The highest BCUT2D eigenvalue weighted by Gasteiger charge is 2.36. The Bertz CT molecular complexity index is 1860. The van der Waals surface area contributed by atoms with E-state index in [2.05, 4.69) is 5.32 Å². The highest BCUT2D eigenvalue weighted by molar-refractivity contribution is 7.92. The smallest absolute Gasteiger partial charge is 0.265 e. The number of anilines is 1. The lowest BCUT2D eigenvalue weighted by Gasteiger charge is -2.34. The van der Waals surface area contributed by atoms with Gasteiger partial charge in [-0.05, 0) is 67.4 Å². The molecule has 260 valence electrons. The van der Waals surface area contributed by atoms with Gasteiger partial charge in [-0.2, -0.15) is 0 Å². The van der Waals surface area contributed by atoms with Crippen molar-refractivity contribution >= 4 is 39.1 Å². The Kier molecular flexibility index (Phi) is 12.5. The lowest BCUT2D eigenvalue weighted by atomic mass is 10.0. The van der Waals surface area contributed by atoms with Gasteiger partial charge < -0.3 is 24.4 Å². The summed E-state index contributed by atoms with van der Waals surface area (Å²) in [6.07, 6.45) is 0.120. The van der Waals surface area contributed by atoms with Crippen LogP contribution in [-0.2, 0) is 32.6 Å². The first-order valence-electron chi connectivity index (χ1n) is 15.3.